The van der Waals surface area contributed by atoms with Gasteiger partial charge in [-0.1, -0.05) is 65.9 Å². The van der Waals surface area contributed by atoms with Gasteiger partial charge >= 0.3 is 0 Å². The monoisotopic (exact) mass is 449 g/mol. The number of thioether (sulfide) groups is 1. The lowest BCUT2D eigenvalue weighted by atomic mass is 10.1. The van der Waals surface area contributed by atoms with Gasteiger partial charge in [0, 0.05) is 18.7 Å². The summed E-state index contributed by atoms with van der Waals surface area (Å²) in [5, 5.41) is 14.8. The van der Waals surface area contributed by atoms with Crippen LogP contribution in [0.4, 0.5) is 0 Å². The molecule has 0 saturated heterocycles. The number of amides is 2. The number of nitrogens with one attached hydrogen (secondary N) is 2. The first-order valence-electron chi connectivity index (χ1n) is 10.4. The minimum absolute atomic E-state index is 0.0617. The van der Waals surface area contributed by atoms with Gasteiger partial charge in [-0.2, -0.15) is 0 Å². The van der Waals surface area contributed by atoms with Crippen LogP contribution in [0, 0.1) is 6.92 Å². The molecule has 0 radical (unpaired) electrons. The summed E-state index contributed by atoms with van der Waals surface area (Å²) in [5.41, 5.74) is 2.80. The maximum absolute atomic E-state index is 12.4. The molecule has 8 heteroatoms. The Hall–Kier alpha value is -3.39. The van der Waals surface area contributed by atoms with Crippen molar-refractivity contribution < 1.29 is 9.59 Å². The van der Waals surface area contributed by atoms with Gasteiger partial charge < -0.3 is 15.2 Å². The van der Waals surface area contributed by atoms with Gasteiger partial charge in [0.1, 0.15) is 0 Å². The second-order valence-electron chi connectivity index (χ2n) is 7.22. The van der Waals surface area contributed by atoms with E-state index in [-0.39, 0.29) is 24.1 Å². The zero-order chi connectivity index (χ0) is 22.8. The Morgan fingerprint density at radius 1 is 1.09 bits per heavy atom. The molecule has 2 N–H and O–H groups in total. The molecular formula is C24H27N5O2S. The highest BCUT2D eigenvalue weighted by molar-refractivity contribution is 7.99. The van der Waals surface area contributed by atoms with E-state index in [1.807, 2.05) is 60.0 Å². The normalized spacial score (nSPS) is 10.5. The van der Waals surface area contributed by atoms with E-state index < -0.39 is 0 Å². The summed E-state index contributed by atoms with van der Waals surface area (Å²) in [6.45, 7) is 7.03. The molecule has 0 spiro atoms. The Labute approximate surface area is 192 Å². The summed E-state index contributed by atoms with van der Waals surface area (Å²) in [5.74, 6) is 0.611. The van der Waals surface area contributed by atoms with E-state index in [0.717, 1.165) is 12.0 Å². The SMILES string of the molecule is C=CCn1c(CNC(=O)c2cccc(C)c2)nnc1SCC(=O)NCCc1ccccc1. The van der Waals surface area contributed by atoms with Crippen LogP contribution in [0.25, 0.3) is 0 Å². The highest BCUT2D eigenvalue weighted by Crippen LogP contribution is 2.17. The van der Waals surface area contributed by atoms with Crippen molar-refractivity contribution in [3.8, 4) is 0 Å². The molecule has 1 aromatic heterocycles. The molecule has 7 nitrogen and oxygen atoms in total. The Bertz CT molecular complexity index is 1070. The van der Waals surface area contributed by atoms with Gasteiger partial charge in [0.15, 0.2) is 11.0 Å². The van der Waals surface area contributed by atoms with Crippen molar-refractivity contribution in [1.82, 2.24) is 25.4 Å². The molecule has 3 rings (SSSR count). The third kappa shape index (κ3) is 6.81. The Kier molecular flexibility index (Phi) is 8.62. The molecule has 0 aliphatic heterocycles. The van der Waals surface area contributed by atoms with Gasteiger partial charge in [0.2, 0.25) is 5.91 Å². The smallest absolute Gasteiger partial charge is 0.251 e. The van der Waals surface area contributed by atoms with Gasteiger partial charge in [-0.05, 0) is 31.0 Å². The first-order valence-corrected chi connectivity index (χ1v) is 11.4. The van der Waals surface area contributed by atoms with Gasteiger partial charge in [-0.3, -0.25) is 9.59 Å². The van der Waals surface area contributed by atoms with E-state index in [4.69, 9.17) is 0 Å². The van der Waals surface area contributed by atoms with Crippen LogP contribution >= 0.6 is 11.8 Å². The van der Waals surface area contributed by atoms with Crippen LogP contribution in [0.3, 0.4) is 0 Å². The first kappa shape index (κ1) is 23.3. The lowest BCUT2D eigenvalue weighted by Crippen LogP contribution is -2.27. The van der Waals surface area contributed by atoms with E-state index in [2.05, 4.69) is 27.4 Å². The second kappa shape index (κ2) is 11.9. The zero-order valence-corrected chi connectivity index (χ0v) is 18.9. The van der Waals surface area contributed by atoms with E-state index in [1.54, 1.807) is 12.1 Å². The maximum Gasteiger partial charge on any atom is 0.251 e. The van der Waals surface area contributed by atoms with Crippen LogP contribution in [-0.4, -0.2) is 38.9 Å². The number of benzene rings is 2. The number of aryl methyl sites for hydroxylation is 1. The van der Waals surface area contributed by atoms with Crippen molar-refractivity contribution in [1.29, 1.82) is 0 Å². The molecule has 2 aromatic carbocycles. The van der Waals surface area contributed by atoms with Crippen molar-refractivity contribution in [3.63, 3.8) is 0 Å². The number of aromatic nitrogens is 3. The number of rotatable bonds is 11. The fourth-order valence-electron chi connectivity index (χ4n) is 3.09. The standard InChI is InChI=1S/C24H27N5O2S/c1-3-14-29-21(16-26-23(31)20-11-7-8-18(2)15-20)27-28-24(29)32-17-22(30)25-13-12-19-9-5-4-6-10-19/h3-11,15H,1,12-14,16-17H2,2H3,(H,25,30)(H,26,31). The van der Waals surface area contributed by atoms with Crippen LogP contribution in [0.1, 0.15) is 27.3 Å². The second-order valence-corrected chi connectivity index (χ2v) is 8.17. The zero-order valence-electron chi connectivity index (χ0n) is 18.1. The quantitative estimate of drug-likeness (QED) is 0.347. The topological polar surface area (TPSA) is 88.9 Å². The highest BCUT2D eigenvalue weighted by atomic mass is 32.2. The largest absolute Gasteiger partial charge is 0.355 e. The number of carbonyl (C=O) groups is 2. The minimum Gasteiger partial charge on any atom is -0.355 e. The maximum atomic E-state index is 12.4. The lowest BCUT2D eigenvalue weighted by Gasteiger charge is -2.09. The van der Waals surface area contributed by atoms with E-state index in [9.17, 15) is 9.59 Å². The number of carbonyl (C=O) groups excluding carboxylic acids is 2. The van der Waals surface area contributed by atoms with E-state index >= 15 is 0 Å². The van der Waals surface area contributed by atoms with Crippen molar-refractivity contribution in [3.05, 3.63) is 89.8 Å². The highest BCUT2D eigenvalue weighted by Gasteiger charge is 2.15. The van der Waals surface area contributed by atoms with Gasteiger partial charge in [0.05, 0.1) is 12.3 Å². The molecule has 0 bridgehead atoms. The molecule has 1 heterocycles. The van der Waals surface area contributed by atoms with E-state index in [1.165, 1.54) is 17.3 Å². The molecule has 166 valence electrons. The summed E-state index contributed by atoms with van der Waals surface area (Å²) in [4.78, 5) is 24.6. The summed E-state index contributed by atoms with van der Waals surface area (Å²) >= 11 is 1.31. The third-order valence-electron chi connectivity index (χ3n) is 4.70. The number of hydrogen-bond acceptors (Lipinski definition) is 5. The molecule has 0 aliphatic rings. The van der Waals surface area contributed by atoms with Crippen molar-refractivity contribution in [2.45, 2.75) is 31.6 Å². The molecule has 0 saturated carbocycles. The molecule has 0 atom stereocenters. The number of hydrogen-bond donors (Lipinski definition) is 2. The molecule has 32 heavy (non-hydrogen) atoms. The Morgan fingerprint density at radius 2 is 1.91 bits per heavy atom. The van der Waals surface area contributed by atoms with Crippen LogP contribution in [0.5, 0.6) is 0 Å². The number of nitrogens with zero attached hydrogens (tertiary/aromatic N) is 3. The number of allylic oxidation sites excluding steroid dienone is 1. The molecule has 3 aromatic rings. The Balaban J connectivity index is 1.51. The van der Waals surface area contributed by atoms with Crippen LogP contribution in [0.2, 0.25) is 0 Å². The molecule has 0 fully saturated rings. The van der Waals surface area contributed by atoms with Gasteiger partial charge in [-0.25, -0.2) is 0 Å². The van der Waals surface area contributed by atoms with Crippen LogP contribution in [-0.2, 0) is 24.3 Å². The molecule has 2 amide bonds. The average Bonchev–Trinajstić information content (AvgIpc) is 3.18. The molecule has 0 aliphatic carbocycles. The predicted octanol–water partition coefficient (Wildman–Crippen LogP) is 3.15. The summed E-state index contributed by atoms with van der Waals surface area (Å²) in [6, 6.07) is 17.4. The van der Waals surface area contributed by atoms with E-state index in [0.29, 0.717) is 29.6 Å². The third-order valence-corrected chi connectivity index (χ3v) is 5.67. The fourth-order valence-corrected chi connectivity index (χ4v) is 3.89. The van der Waals surface area contributed by atoms with Crippen molar-refractivity contribution in [2.24, 2.45) is 0 Å². The molecule has 0 unspecified atom stereocenters. The minimum atomic E-state index is -0.172. The lowest BCUT2D eigenvalue weighted by molar-refractivity contribution is -0.118. The average molecular weight is 450 g/mol. The van der Waals surface area contributed by atoms with Crippen LogP contribution < -0.4 is 10.6 Å². The summed E-state index contributed by atoms with van der Waals surface area (Å²) < 4.78 is 1.85. The molecular weight excluding hydrogens is 422 g/mol. The van der Waals surface area contributed by atoms with Crippen molar-refractivity contribution in [2.75, 3.05) is 12.3 Å². The van der Waals surface area contributed by atoms with Crippen LogP contribution in [0.15, 0.2) is 72.4 Å². The Morgan fingerprint density at radius 3 is 2.66 bits per heavy atom. The van der Waals surface area contributed by atoms with Gasteiger partial charge in [-0.15, -0.1) is 16.8 Å². The van der Waals surface area contributed by atoms with Gasteiger partial charge in [0.25, 0.3) is 5.91 Å². The fraction of sp³-hybridized carbons (Fsp3) is 0.250. The predicted molar refractivity (Wildman–Crippen MR) is 126 cm³/mol. The summed E-state index contributed by atoms with van der Waals surface area (Å²) in [7, 11) is 0. The first-order chi connectivity index (χ1) is 15.6. The van der Waals surface area contributed by atoms with Crippen molar-refractivity contribution >= 4 is 23.6 Å². The summed E-state index contributed by atoms with van der Waals surface area (Å²) in [6.07, 6.45) is 2.52.